The van der Waals surface area contributed by atoms with E-state index in [-0.39, 0.29) is 5.54 Å². The average molecular weight is 234 g/mol. The number of fused-ring (bicyclic) bond motifs is 1. The molecule has 0 bridgehead atoms. The lowest BCUT2D eigenvalue weighted by Crippen LogP contribution is -2.48. The zero-order chi connectivity index (χ0) is 12.6. The molecule has 1 aromatic carbocycles. The first-order chi connectivity index (χ1) is 7.94. The maximum atomic E-state index is 11.2. The molecule has 0 aromatic heterocycles. The highest BCUT2D eigenvalue weighted by molar-refractivity contribution is 5.99. The lowest BCUT2D eigenvalue weighted by molar-refractivity contribution is 0.0698. The molecule has 0 unspecified atom stereocenters. The van der Waals surface area contributed by atoms with E-state index in [0.29, 0.717) is 5.56 Å². The van der Waals surface area contributed by atoms with E-state index in [1.165, 1.54) is 0 Å². The highest BCUT2D eigenvalue weighted by Crippen LogP contribution is 2.36. The van der Waals surface area contributed by atoms with Crippen molar-refractivity contribution in [2.24, 2.45) is 0 Å². The summed E-state index contributed by atoms with van der Waals surface area (Å²) in [6, 6.07) is 5.40. The monoisotopic (exact) mass is 234 g/mol. The van der Waals surface area contributed by atoms with Gasteiger partial charge in [-0.15, -0.1) is 0 Å². The Kier molecular flexibility index (Phi) is 2.73. The first-order valence-corrected chi connectivity index (χ1v) is 5.84. The minimum Gasteiger partial charge on any atom is -0.478 e. The van der Waals surface area contributed by atoms with Crippen molar-refractivity contribution >= 4 is 17.3 Å². The molecule has 1 aliphatic rings. The number of carboxylic acids is 1. The summed E-state index contributed by atoms with van der Waals surface area (Å²) >= 11 is 0. The summed E-state index contributed by atoms with van der Waals surface area (Å²) in [5.74, 6) is -0.886. The van der Waals surface area contributed by atoms with Crippen LogP contribution in [0.15, 0.2) is 18.2 Å². The molecule has 1 heterocycles. The topological polar surface area (TPSA) is 52.6 Å². The predicted molar refractivity (Wildman–Crippen MR) is 69.0 cm³/mol. The second-order valence-electron chi connectivity index (χ2n) is 5.03. The zero-order valence-corrected chi connectivity index (χ0v) is 10.4. The normalized spacial score (nSPS) is 17.2. The molecular weight excluding hydrogens is 216 g/mol. The summed E-state index contributed by atoms with van der Waals surface area (Å²) in [6.45, 7) is 7.99. The van der Waals surface area contributed by atoms with Crippen LogP contribution in [0.25, 0.3) is 0 Å². The largest absolute Gasteiger partial charge is 0.478 e. The van der Waals surface area contributed by atoms with Crippen LogP contribution in [-0.2, 0) is 0 Å². The van der Waals surface area contributed by atoms with Crippen LogP contribution in [0.4, 0.5) is 11.4 Å². The Balaban J connectivity index is 2.56. The number of carbonyl (C=O) groups is 1. The summed E-state index contributed by atoms with van der Waals surface area (Å²) in [5.41, 5.74) is 1.94. The molecule has 0 radical (unpaired) electrons. The van der Waals surface area contributed by atoms with Crippen molar-refractivity contribution in [1.29, 1.82) is 0 Å². The SMILES string of the molecule is CCN1CC(C)(C)Nc2c(C(=O)O)cccc21. The molecule has 92 valence electrons. The number of hydrogen-bond acceptors (Lipinski definition) is 3. The van der Waals surface area contributed by atoms with Crippen LogP contribution in [0.3, 0.4) is 0 Å². The summed E-state index contributed by atoms with van der Waals surface area (Å²) in [5, 5.41) is 12.5. The smallest absolute Gasteiger partial charge is 0.337 e. The lowest BCUT2D eigenvalue weighted by atomic mass is 9.97. The van der Waals surface area contributed by atoms with Gasteiger partial charge in [-0.1, -0.05) is 6.07 Å². The molecule has 0 aliphatic carbocycles. The maximum Gasteiger partial charge on any atom is 0.337 e. The number of benzene rings is 1. The molecule has 0 fully saturated rings. The fraction of sp³-hybridized carbons (Fsp3) is 0.462. The van der Waals surface area contributed by atoms with Crippen LogP contribution in [-0.4, -0.2) is 29.7 Å². The van der Waals surface area contributed by atoms with Gasteiger partial charge in [0.1, 0.15) is 0 Å². The van der Waals surface area contributed by atoms with Gasteiger partial charge in [-0.3, -0.25) is 0 Å². The number of nitrogens with one attached hydrogen (secondary N) is 1. The summed E-state index contributed by atoms with van der Waals surface area (Å²) in [6.07, 6.45) is 0. The quantitative estimate of drug-likeness (QED) is 0.825. The van der Waals surface area contributed by atoms with Gasteiger partial charge in [-0.05, 0) is 32.9 Å². The van der Waals surface area contributed by atoms with Crippen LogP contribution in [0.2, 0.25) is 0 Å². The summed E-state index contributed by atoms with van der Waals surface area (Å²) in [7, 11) is 0. The molecule has 0 saturated heterocycles. The molecule has 0 saturated carbocycles. The standard InChI is InChI=1S/C13H18N2O2/c1-4-15-8-13(2,3)14-11-9(12(16)17)6-5-7-10(11)15/h5-7,14H,4,8H2,1-3H3,(H,16,17). The third kappa shape index (κ3) is 2.07. The summed E-state index contributed by atoms with van der Waals surface area (Å²) in [4.78, 5) is 13.4. The van der Waals surface area contributed by atoms with Gasteiger partial charge in [0.2, 0.25) is 0 Å². The van der Waals surface area contributed by atoms with Crippen molar-refractivity contribution in [1.82, 2.24) is 0 Å². The van der Waals surface area contributed by atoms with E-state index in [2.05, 4.69) is 31.0 Å². The van der Waals surface area contributed by atoms with Gasteiger partial charge in [0, 0.05) is 18.6 Å². The van der Waals surface area contributed by atoms with Gasteiger partial charge in [-0.25, -0.2) is 4.79 Å². The highest BCUT2D eigenvalue weighted by atomic mass is 16.4. The molecule has 2 rings (SSSR count). The fourth-order valence-corrected chi connectivity index (χ4v) is 2.34. The van der Waals surface area contributed by atoms with Crippen molar-refractivity contribution < 1.29 is 9.90 Å². The third-order valence-electron chi connectivity index (χ3n) is 3.04. The number of hydrogen-bond donors (Lipinski definition) is 2. The van der Waals surface area contributed by atoms with Crippen LogP contribution in [0.1, 0.15) is 31.1 Å². The lowest BCUT2D eigenvalue weighted by Gasteiger charge is -2.42. The number of anilines is 2. The minimum atomic E-state index is -0.886. The van der Waals surface area contributed by atoms with E-state index in [1.54, 1.807) is 12.1 Å². The molecule has 1 aromatic rings. The van der Waals surface area contributed by atoms with E-state index >= 15 is 0 Å². The first kappa shape index (κ1) is 11.8. The van der Waals surface area contributed by atoms with Crippen molar-refractivity contribution in [2.75, 3.05) is 23.3 Å². The van der Waals surface area contributed by atoms with E-state index in [0.717, 1.165) is 24.5 Å². The fourth-order valence-electron chi connectivity index (χ4n) is 2.34. The molecule has 4 nitrogen and oxygen atoms in total. The second-order valence-corrected chi connectivity index (χ2v) is 5.03. The first-order valence-electron chi connectivity index (χ1n) is 5.84. The summed E-state index contributed by atoms with van der Waals surface area (Å²) < 4.78 is 0. The number of para-hydroxylation sites is 1. The minimum absolute atomic E-state index is 0.117. The number of aromatic carboxylic acids is 1. The third-order valence-corrected chi connectivity index (χ3v) is 3.04. The van der Waals surface area contributed by atoms with Crippen molar-refractivity contribution in [3.63, 3.8) is 0 Å². The van der Waals surface area contributed by atoms with Crippen LogP contribution in [0.5, 0.6) is 0 Å². The Labute approximate surface area is 101 Å². The number of rotatable bonds is 2. The molecule has 0 spiro atoms. The maximum absolute atomic E-state index is 11.2. The number of carboxylic acid groups (broad SMARTS) is 1. The van der Waals surface area contributed by atoms with Crippen molar-refractivity contribution in [2.45, 2.75) is 26.3 Å². The second kappa shape index (κ2) is 3.95. The van der Waals surface area contributed by atoms with E-state index in [9.17, 15) is 9.90 Å². The van der Waals surface area contributed by atoms with Gasteiger partial charge in [0.15, 0.2) is 0 Å². The van der Waals surface area contributed by atoms with E-state index in [1.807, 2.05) is 6.07 Å². The molecule has 0 atom stereocenters. The zero-order valence-electron chi connectivity index (χ0n) is 10.4. The van der Waals surface area contributed by atoms with Gasteiger partial charge < -0.3 is 15.3 Å². The van der Waals surface area contributed by atoms with Gasteiger partial charge in [0.05, 0.1) is 16.9 Å². The molecule has 1 aliphatic heterocycles. The highest BCUT2D eigenvalue weighted by Gasteiger charge is 2.31. The Morgan fingerprint density at radius 2 is 2.24 bits per heavy atom. The molecule has 0 amide bonds. The average Bonchev–Trinajstić information content (AvgIpc) is 2.25. The molecular formula is C13H18N2O2. The predicted octanol–water partition coefficient (Wildman–Crippen LogP) is 2.42. The van der Waals surface area contributed by atoms with E-state index in [4.69, 9.17) is 0 Å². The van der Waals surface area contributed by atoms with Crippen molar-refractivity contribution in [3.8, 4) is 0 Å². The Hall–Kier alpha value is -1.71. The number of likely N-dealkylation sites (N-methyl/N-ethyl adjacent to an activating group) is 1. The van der Waals surface area contributed by atoms with Gasteiger partial charge >= 0.3 is 5.97 Å². The van der Waals surface area contributed by atoms with Gasteiger partial charge in [-0.2, -0.15) is 0 Å². The molecule has 17 heavy (non-hydrogen) atoms. The molecule has 4 heteroatoms. The molecule has 2 N–H and O–H groups in total. The van der Waals surface area contributed by atoms with Crippen molar-refractivity contribution in [3.05, 3.63) is 23.8 Å². The van der Waals surface area contributed by atoms with Crippen LogP contribution in [0, 0.1) is 0 Å². The Morgan fingerprint density at radius 3 is 2.82 bits per heavy atom. The number of nitrogens with zero attached hydrogens (tertiary/aromatic N) is 1. The van der Waals surface area contributed by atoms with E-state index < -0.39 is 5.97 Å². The Morgan fingerprint density at radius 1 is 1.53 bits per heavy atom. The van der Waals surface area contributed by atoms with Crippen LogP contribution >= 0.6 is 0 Å². The Bertz CT molecular complexity index is 455. The van der Waals surface area contributed by atoms with Gasteiger partial charge in [0.25, 0.3) is 0 Å². The van der Waals surface area contributed by atoms with Crippen LogP contribution < -0.4 is 10.2 Å².